The molecule has 0 radical (unpaired) electrons. The second-order valence-electron chi connectivity index (χ2n) is 12.7. The molecule has 1 aromatic heterocycles. The van der Waals surface area contributed by atoms with Crippen LogP contribution in [0.2, 0.25) is 0 Å². The topological polar surface area (TPSA) is 4.93 Å². The first-order valence-electron chi connectivity index (χ1n) is 15.0. The Morgan fingerprint density at radius 1 is 0.429 bits per heavy atom. The first kappa shape index (κ1) is 23.8. The maximum absolute atomic E-state index is 2.49. The van der Waals surface area contributed by atoms with Gasteiger partial charge in [0.15, 0.2) is 0 Å². The van der Waals surface area contributed by atoms with Crippen molar-refractivity contribution >= 4 is 21.8 Å². The number of para-hydroxylation sites is 1. The van der Waals surface area contributed by atoms with E-state index in [0.717, 1.165) is 0 Å². The summed E-state index contributed by atoms with van der Waals surface area (Å²) in [5, 5.41) is 2.60. The van der Waals surface area contributed by atoms with Crippen LogP contribution in [0.25, 0.3) is 49.7 Å². The Morgan fingerprint density at radius 2 is 1.05 bits per heavy atom. The highest BCUT2D eigenvalue weighted by molar-refractivity contribution is 6.12. The summed E-state index contributed by atoms with van der Waals surface area (Å²) in [7, 11) is 0. The number of hydrogen-bond donors (Lipinski definition) is 0. The van der Waals surface area contributed by atoms with Crippen LogP contribution in [0.5, 0.6) is 0 Å². The molecule has 1 heterocycles. The molecule has 1 nitrogen and oxygen atoms in total. The van der Waals surface area contributed by atoms with Crippen LogP contribution < -0.4 is 0 Å². The predicted molar refractivity (Wildman–Crippen MR) is 176 cm³/mol. The standard InChI is InChI=1S/C41H31N/c1-40(2)34-18-10-7-15-28(34)31-23-27(21-22-35(31)40)42-38-20-12-9-17-30(38)33-24-32-29-16-8-11-19-36(29)41(3,37(32)25-39(33)42)26-13-5-4-6-14-26/h4-25H,1-3H3. The first-order chi connectivity index (χ1) is 20.5. The lowest BCUT2D eigenvalue weighted by atomic mass is 9.74. The number of nitrogens with zero attached hydrogens (tertiary/aromatic N) is 1. The van der Waals surface area contributed by atoms with E-state index in [-0.39, 0.29) is 10.8 Å². The van der Waals surface area contributed by atoms with E-state index >= 15 is 0 Å². The Bertz CT molecular complexity index is 2230. The summed E-state index contributed by atoms with van der Waals surface area (Å²) in [6.45, 7) is 7.10. The maximum Gasteiger partial charge on any atom is 0.0544 e. The molecule has 0 saturated heterocycles. The zero-order chi connectivity index (χ0) is 28.2. The van der Waals surface area contributed by atoms with Crippen molar-refractivity contribution < 1.29 is 0 Å². The SMILES string of the molecule is CC1(C)c2ccccc2-c2cc(-n3c4ccccc4c4cc5c(cc43)C(C)(c3ccccc3)c3ccccc3-5)ccc21. The van der Waals surface area contributed by atoms with Gasteiger partial charge in [-0.2, -0.15) is 0 Å². The van der Waals surface area contributed by atoms with Gasteiger partial charge in [-0.25, -0.2) is 0 Å². The molecule has 0 amide bonds. The molecule has 2 aliphatic carbocycles. The molecular formula is C41H31N. The first-order valence-corrected chi connectivity index (χ1v) is 15.0. The average molecular weight is 538 g/mol. The summed E-state index contributed by atoms with van der Waals surface area (Å²) in [6.07, 6.45) is 0. The largest absolute Gasteiger partial charge is 0.309 e. The molecular weight excluding hydrogens is 506 g/mol. The van der Waals surface area contributed by atoms with Gasteiger partial charge in [0.2, 0.25) is 0 Å². The van der Waals surface area contributed by atoms with Crippen LogP contribution in [0.1, 0.15) is 48.6 Å². The molecule has 1 unspecified atom stereocenters. The van der Waals surface area contributed by atoms with E-state index in [9.17, 15) is 0 Å². The highest BCUT2D eigenvalue weighted by atomic mass is 15.0. The van der Waals surface area contributed by atoms with Gasteiger partial charge in [-0.3, -0.25) is 0 Å². The van der Waals surface area contributed by atoms with Gasteiger partial charge in [0.25, 0.3) is 0 Å². The van der Waals surface area contributed by atoms with Crippen molar-refractivity contribution in [3.63, 3.8) is 0 Å². The third kappa shape index (κ3) is 2.88. The number of hydrogen-bond acceptors (Lipinski definition) is 0. The van der Waals surface area contributed by atoms with Crippen molar-refractivity contribution in [3.8, 4) is 27.9 Å². The molecule has 7 aromatic rings. The zero-order valence-electron chi connectivity index (χ0n) is 24.1. The van der Waals surface area contributed by atoms with E-state index < -0.39 is 0 Å². The molecule has 0 N–H and O–H groups in total. The zero-order valence-corrected chi connectivity index (χ0v) is 24.1. The van der Waals surface area contributed by atoms with Gasteiger partial charge >= 0.3 is 0 Å². The second kappa shape index (κ2) is 8.11. The summed E-state index contributed by atoms with van der Waals surface area (Å²) in [6, 6.07) is 49.9. The number of benzene rings is 6. The third-order valence-electron chi connectivity index (χ3n) is 10.3. The number of fused-ring (bicyclic) bond motifs is 9. The molecule has 6 aromatic carbocycles. The van der Waals surface area contributed by atoms with E-state index in [1.807, 2.05) is 0 Å². The number of aromatic nitrogens is 1. The van der Waals surface area contributed by atoms with Crippen LogP contribution in [-0.2, 0) is 10.8 Å². The quantitative estimate of drug-likeness (QED) is 0.207. The molecule has 0 spiro atoms. The third-order valence-corrected chi connectivity index (χ3v) is 10.3. The fraction of sp³-hybridized carbons (Fsp3) is 0.122. The maximum atomic E-state index is 2.49. The molecule has 1 atom stereocenters. The molecule has 2 aliphatic rings. The van der Waals surface area contributed by atoms with E-state index in [2.05, 4.69) is 159 Å². The monoisotopic (exact) mass is 537 g/mol. The lowest BCUT2D eigenvalue weighted by Crippen LogP contribution is -2.22. The molecule has 0 saturated carbocycles. The van der Waals surface area contributed by atoms with Crippen LogP contribution in [0.3, 0.4) is 0 Å². The van der Waals surface area contributed by atoms with Gasteiger partial charge in [-0.15, -0.1) is 0 Å². The van der Waals surface area contributed by atoms with Crippen molar-refractivity contribution in [2.45, 2.75) is 31.6 Å². The van der Waals surface area contributed by atoms with Gasteiger partial charge < -0.3 is 4.57 Å². The molecule has 9 rings (SSSR count). The smallest absolute Gasteiger partial charge is 0.0544 e. The summed E-state index contributed by atoms with van der Waals surface area (Å²) in [4.78, 5) is 0. The van der Waals surface area contributed by atoms with Gasteiger partial charge in [-0.05, 0) is 87.3 Å². The van der Waals surface area contributed by atoms with Gasteiger partial charge in [-0.1, -0.05) is 117 Å². The second-order valence-corrected chi connectivity index (χ2v) is 12.7. The Balaban J connectivity index is 1.37. The fourth-order valence-corrected chi connectivity index (χ4v) is 8.16. The van der Waals surface area contributed by atoms with Crippen LogP contribution in [0.4, 0.5) is 0 Å². The van der Waals surface area contributed by atoms with Gasteiger partial charge in [0.05, 0.1) is 11.0 Å². The molecule has 0 fully saturated rings. The van der Waals surface area contributed by atoms with Crippen LogP contribution >= 0.6 is 0 Å². The van der Waals surface area contributed by atoms with Crippen LogP contribution in [0.15, 0.2) is 133 Å². The Kier molecular flexibility index (Phi) is 4.59. The van der Waals surface area contributed by atoms with Crippen LogP contribution in [0, 0.1) is 0 Å². The minimum absolute atomic E-state index is 0.00459. The minimum atomic E-state index is -0.233. The van der Waals surface area contributed by atoms with Crippen molar-refractivity contribution in [2.24, 2.45) is 0 Å². The molecule has 200 valence electrons. The highest BCUT2D eigenvalue weighted by Gasteiger charge is 2.41. The van der Waals surface area contributed by atoms with E-state index in [0.29, 0.717) is 0 Å². The van der Waals surface area contributed by atoms with Gasteiger partial charge in [0, 0.05) is 27.3 Å². The normalized spacial score (nSPS) is 17.7. The summed E-state index contributed by atoms with van der Waals surface area (Å²) in [5.41, 5.74) is 15.8. The Morgan fingerprint density at radius 3 is 1.86 bits per heavy atom. The lowest BCUT2D eigenvalue weighted by Gasteiger charge is -2.28. The molecule has 0 aliphatic heterocycles. The van der Waals surface area contributed by atoms with E-state index in [1.54, 1.807) is 0 Å². The average Bonchev–Trinajstić information content (AvgIpc) is 3.58. The Hall–Kier alpha value is -4.88. The van der Waals surface area contributed by atoms with Crippen molar-refractivity contribution in [2.75, 3.05) is 0 Å². The summed E-state index contributed by atoms with van der Waals surface area (Å²) >= 11 is 0. The minimum Gasteiger partial charge on any atom is -0.309 e. The van der Waals surface area contributed by atoms with E-state index in [4.69, 9.17) is 0 Å². The van der Waals surface area contributed by atoms with Crippen LogP contribution in [-0.4, -0.2) is 4.57 Å². The van der Waals surface area contributed by atoms with Crippen molar-refractivity contribution in [1.82, 2.24) is 4.57 Å². The summed E-state index contributed by atoms with van der Waals surface area (Å²) < 4.78 is 2.49. The number of rotatable bonds is 2. The lowest BCUT2D eigenvalue weighted by molar-refractivity contribution is 0.660. The highest BCUT2D eigenvalue weighted by Crippen LogP contribution is 2.54. The van der Waals surface area contributed by atoms with Gasteiger partial charge in [0.1, 0.15) is 0 Å². The summed E-state index contributed by atoms with van der Waals surface area (Å²) in [5.74, 6) is 0. The fourth-order valence-electron chi connectivity index (χ4n) is 8.16. The molecule has 42 heavy (non-hydrogen) atoms. The van der Waals surface area contributed by atoms with Crippen molar-refractivity contribution in [1.29, 1.82) is 0 Å². The van der Waals surface area contributed by atoms with E-state index in [1.165, 1.54) is 77.6 Å². The predicted octanol–water partition coefficient (Wildman–Crippen LogP) is 10.4. The molecule has 0 bridgehead atoms. The van der Waals surface area contributed by atoms with Crippen molar-refractivity contribution in [3.05, 3.63) is 161 Å². The Labute approximate surface area is 246 Å². The molecule has 1 heteroatoms.